The first-order valence-electron chi connectivity index (χ1n) is 2.12. The molecule has 1 atom stereocenters. The van der Waals surface area contributed by atoms with Gasteiger partial charge in [0.2, 0.25) is 0 Å². The molecule has 0 spiro atoms. The third-order valence-corrected chi connectivity index (χ3v) is 0.752. The van der Waals surface area contributed by atoms with Gasteiger partial charge >= 0.3 is 0 Å². The van der Waals surface area contributed by atoms with Crippen LogP contribution >= 0.6 is 0 Å². The Kier molecular flexibility index (Phi) is 1.26. The van der Waals surface area contributed by atoms with Crippen LogP contribution in [0.15, 0.2) is 17.3 Å². The SMILES string of the molecule is ON1C=CC=NC1F. The quantitative estimate of drug-likeness (QED) is 0.468. The number of halogens is 1. The predicted molar refractivity (Wildman–Crippen MR) is 26.2 cm³/mol. The maximum Gasteiger partial charge on any atom is 0.288 e. The Bertz CT molecular complexity index is 118. The molecule has 0 aromatic heterocycles. The molecule has 0 aromatic rings. The summed E-state index contributed by atoms with van der Waals surface area (Å²) in [7, 11) is 0. The van der Waals surface area contributed by atoms with Crippen LogP contribution in [0.3, 0.4) is 0 Å². The van der Waals surface area contributed by atoms with Crippen LogP contribution in [-0.2, 0) is 0 Å². The smallest absolute Gasteiger partial charge is 0.285 e. The number of alkyl halides is 1. The van der Waals surface area contributed by atoms with Gasteiger partial charge in [-0.1, -0.05) is 0 Å². The second-order valence-corrected chi connectivity index (χ2v) is 1.33. The monoisotopic (exact) mass is 116 g/mol. The van der Waals surface area contributed by atoms with E-state index in [2.05, 4.69) is 4.99 Å². The number of hydrogen-bond acceptors (Lipinski definition) is 3. The van der Waals surface area contributed by atoms with Crippen molar-refractivity contribution in [3.8, 4) is 0 Å². The van der Waals surface area contributed by atoms with Crippen molar-refractivity contribution in [2.75, 3.05) is 0 Å². The van der Waals surface area contributed by atoms with Gasteiger partial charge in [0.15, 0.2) is 0 Å². The van der Waals surface area contributed by atoms with E-state index in [-0.39, 0.29) is 0 Å². The van der Waals surface area contributed by atoms with Gasteiger partial charge in [-0.25, -0.2) is 10.1 Å². The van der Waals surface area contributed by atoms with Crippen LogP contribution in [0.5, 0.6) is 0 Å². The van der Waals surface area contributed by atoms with Crippen molar-refractivity contribution in [1.82, 2.24) is 5.06 Å². The average Bonchev–Trinajstić information content (AvgIpc) is 1.77. The molecule has 4 heteroatoms. The normalized spacial score (nSPS) is 26.8. The number of rotatable bonds is 0. The molecule has 8 heavy (non-hydrogen) atoms. The van der Waals surface area contributed by atoms with E-state index in [0.717, 1.165) is 0 Å². The third-order valence-electron chi connectivity index (χ3n) is 0.752. The molecule has 1 N–H and O–H groups in total. The Balaban J connectivity index is 2.59. The van der Waals surface area contributed by atoms with Crippen molar-refractivity contribution in [2.45, 2.75) is 6.42 Å². The molecule has 0 saturated heterocycles. The largest absolute Gasteiger partial charge is 0.288 e. The number of hydroxylamine groups is 2. The van der Waals surface area contributed by atoms with Crippen molar-refractivity contribution >= 4 is 6.21 Å². The van der Waals surface area contributed by atoms with E-state index >= 15 is 0 Å². The van der Waals surface area contributed by atoms with Gasteiger partial charge in [0.1, 0.15) is 0 Å². The van der Waals surface area contributed by atoms with E-state index in [1.807, 2.05) is 0 Å². The summed E-state index contributed by atoms with van der Waals surface area (Å²) in [6.07, 6.45) is 2.30. The van der Waals surface area contributed by atoms with E-state index in [0.29, 0.717) is 5.06 Å². The number of allylic oxidation sites excluding steroid dienone is 1. The van der Waals surface area contributed by atoms with Gasteiger partial charge in [0, 0.05) is 12.4 Å². The average molecular weight is 116 g/mol. The standard InChI is InChI=1S/C4H5FN2O/c5-4-6-2-1-3-7(4)8/h1-4,8H. The zero-order valence-corrected chi connectivity index (χ0v) is 4.03. The first-order chi connectivity index (χ1) is 3.80. The van der Waals surface area contributed by atoms with Crippen LogP contribution < -0.4 is 0 Å². The summed E-state index contributed by atoms with van der Waals surface area (Å²) >= 11 is 0. The summed E-state index contributed by atoms with van der Waals surface area (Å²) in [5, 5.41) is 8.82. The predicted octanol–water partition coefficient (Wildman–Crippen LogP) is 0.529. The van der Waals surface area contributed by atoms with Gasteiger partial charge in [0.05, 0.1) is 0 Å². The van der Waals surface area contributed by atoms with Crippen LogP contribution in [0.4, 0.5) is 4.39 Å². The van der Waals surface area contributed by atoms with E-state index in [4.69, 9.17) is 5.21 Å². The zero-order chi connectivity index (χ0) is 5.98. The van der Waals surface area contributed by atoms with Gasteiger partial charge in [0.25, 0.3) is 6.42 Å². The van der Waals surface area contributed by atoms with Crippen molar-refractivity contribution in [1.29, 1.82) is 0 Å². The highest BCUT2D eigenvalue weighted by atomic mass is 19.1. The lowest BCUT2D eigenvalue weighted by atomic mass is 10.6. The fraction of sp³-hybridized carbons (Fsp3) is 0.250. The summed E-state index contributed by atoms with van der Waals surface area (Å²) in [6, 6.07) is 0. The molecule has 1 unspecified atom stereocenters. The van der Waals surface area contributed by atoms with Crippen LogP contribution in [0.25, 0.3) is 0 Å². The van der Waals surface area contributed by atoms with Gasteiger partial charge < -0.3 is 0 Å². The molecule has 0 saturated carbocycles. The minimum Gasteiger partial charge on any atom is -0.285 e. The molecule has 0 radical (unpaired) electrons. The molecule has 0 fully saturated rings. The Morgan fingerprint density at radius 1 is 1.75 bits per heavy atom. The fourth-order valence-corrected chi connectivity index (χ4v) is 0.387. The van der Waals surface area contributed by atoms with Gasteiger partial charge in [-0.2, -0.15) is 4.39 Å². The molecule has 1 heterocycles. The van der Waals surface area contributed by atoms with Crippen molar-refractivity contribution in [3.05, 3.63) is 12.3 Å². The summed E-state index contributed by atoms with van der Waals surface area (Å²) in [6.45, 7) is 0. The molecular weight excluding hydrogens is 111 g/mol. The molecular formula is C4H5FN2O. The zero-order valence-electron chi connectivity index (χ0n) is 4.03. The lowest BCUT2D eigenvalue weighted by Gasteiger charge is -2.14. The first-order valence-corrected chi connectivity index (χ1v) is 2.12. The fourth-order valence-electron chi connectivity index (χ4n) is 0.387. The number of nitrogens with zero attached hydrogens (tertiary/aromatic N) is 2. The van der Waals surface area contributed by atoms with E-state index in [9.17, 15) is 4.39 Å². The molecule has 3 nitrogen and oxygen atoms in total. The lowest BCUT2D eigenvalue weighted by Crippen LogP contribution is -2.23. The maximum atomic E-state index is 12.0. The number of hydrogen-bond donors (Lipinski definition) is 1. The van der Waals surface area contributed by atoms with Crippen LogP contribution in [0.2, 0.25) is 0 Å². The number of aliphatic imine (C=N–C) groups is 1. The van der Waals surface area contributed by atoms with E-state index < -0.39 is 6.42 Å². The molecule has 0 bridgehead atoms. The molecule has 0 amide bonds. The maximum absolute atomic E-state index is 12.0. The third kappa shape index (κ3) is 0.840. The van der Waals surface area contributed by atoms with E-state index in [1.54, 1.807) is 0 Å². The minimum absolute atomic E-state index is 0.389. The molecule has 0 aromatic carbocycles. The molecule has 1 aliphatic rings. The summed E-state index contributed by atoms with van der Waals surface area (Å²) in [4.78, 5) is 3.21. The summed E-state index contributed by atoms with van der Waals surface area (Å²) < 4.78 is 12.0. The van der Waals surface area contributed by atoms with Gasteiger partial charge in [-0.05, 0) is 6.08 Å². The molecule has 1 rings (SSSR count). The molecule has 44 valence electrons. The summed E-state index contributed by atoms with van der Waals surface area (Å²) in [5.41, 5.74) is 0. The van der Waals surface area contributed by atoms with Gasteiger partial charge in [-0.3, -0.25) is 5.21 Å². The molecule has 1 aliphatic heterocycles. The highest BCUT2D eigenvalue weighted by Crippen LogP contribution is 2.01. The van der Waals surface area contributed by atoms with Crippen LogP contribution in [0.1, 0.15) is 0 Å². The van der Waals surface area contributed by atoms with Crippen LogP contribution in [0, 0.1) is 0 Å². The Morgan fingerprint density at radius 3 is 2.88 bits per heavy atom. The minimum atomic E-state index is -1.63. The topological polar surface area (TPSA) is 35.8 Å². The van der Waals surface area contributed by atoms with Crippen molar-refractivity contribution in [2.24, 2.45) is 4.99 Å². The Hall–Kier alpha value is -0.900. The second kappa shape index (κ2) is 1.92. The lowest BCUT2D eigenvalue weighted by molar-refractivity contribution is -0.121. The first kappa shape index (κ1) is 5.24. The molecule has 0 aliphatic carbocycles. The summed E-state index contributed by atoms with van der Waals surface area (Å²) in [5.74, 6) is 0. The van der Waals surface area contributed by atoms with Crippen molar-refractivity contribution in [3.63, 3.8) is 0 Å². The highest BCUT2D eigenvalue weighted by molar-refractivity contribution is 5.71. The Morgan fingerprint density at radius 2 is 2.50 bits per heavy atom. The van der Waals surface area contributed by atoms with E-state index in [1.165, 1.54) is 18.5 Å². The van der Waals surface area contributed by atoms with Crippen LogP contribution in [-0.4, -0.2) is 22.9 Å². The van der Waals surface area contributed by atoms with Crippen molar-refractivity contribution < 1.29 is 9.60 Å². The van der Waals surface area contributed by atoms with Gasteiger partial charge in [-0.15, -0.1) is 0 Å². The second-order valence-electron chi connectivity index (χ2n) is 1.33. The Labute approximate surface area is 45.7 Å². The highest BCUT2D eigenvalue weighted by Gasteiger charge is 2.08.